The van der Waals surface area contributed by atoms with Gasteiger partial charge in [0.05, 0.1) is 6.54 Å². The fourth-order valence-electron chi connectivity index (χ4n) is 1.93. The van der Waals surface area contributed by atoms with Crippen LogP contribution in [0.3, 0.4) is 0 Å². The SMILES string of the molecule is CC(C)(F)c1cc2c(cc1CN=C=O)OCCO2. The monoisotopic (exact) mass is 251 g/mol. The molecule has 0 N–H and O–H groups in total. The smallest absolute Gasteiger partial charge is 0.235 e. The van der Waals surface area contributed by atoms with Crippen molar-refractivity contribution in [2.24, 2.45) is 4.99 Å². The first-order valence-corrected chi connectivity index (χ1v) is 5.68. The van der Waals surface area contributed by atoms with Gasteiger partial charge in [-0.1, -0.05) is 0 Å². The van der Waals surface area contributed by atoms with Gasteiger partial charge in [0.25, 0.3) is 0 Å². The van der Waals surface area contributed by atoms with Gasteiger partial charge < -0.3 is 9.47 Å². The summed E-state index contributed by atoms with van der Waals surface area (Å²) < 4.78 is 25.0. The zero-order valence-corrected chi connectivity index (χ0v) is 10.3. The summed E-state index contributed by atoms with van der Waals surface area (Å²) in [5.41, 5.74) is -0.482. The molecular formula is C13H14FNO3. The molecule has 1 aromatic carbocycles. The summed E-state index contributed by atoms with van der Waals surface area (Å²) >= 11 is 0. The van der Waals surface area contributed by atoms with Crippen LogP contribution in [0.15, 0.2) is 17.1 Å². The predicted octanol–water partition coefficient (Wildman–Crippen LogP) is 2.50. The Morgan fingerprint density at radius 1 is 1.33 bits per heavy atom. The largest absolute Gasteiger partial charge is 0.486 e. The predicted molar refractivity (Wildman–Crippen MR) is 63.4 cm³/mol. The van der Waals surface area contributed by atoms with Crippen LogP contribution in [0.25, 0.3) is 0 Å². The molecular weight excluding hydrogens is 237 g/mol. The average Bonchev–Trinajstić information content (AvgIpc) is 2.34. The van der Waals surface area contributed by atoms with Gasteiger partial charge in [-0.15, -0.1) is 0 Å². The van der Waals surface area contributed by atoms with Crippen LogP contribution in [-0.4, -0.2) is 19.3 Å². The van der Waals surface area contributed by atoms with Crippen LogP contribution in [0.4, 0.5) is 4.39 Å². The molecule has 0 fully saturated rings. The highest BCUT2D eigenvalue weighted by Gasteiger charge is 2.26. The normalized spacial score (nSPS) is 13.9. The van der Waals surface area contributed by atoms with E-state index in [-0.39, 0.29) is 6.54 Å². The molecule has 18 heavy (non-hydrogen) atoms. The van der Waals surface area contributed by atoms with Gasteiger partial charge in [-0.2, -0.15) is 0 Å². The number of benzene rings is 1. The molecule has 0 radical (unpaired) electrons. The van der Waals surface area contributed by atoms with E-state index >= 15 is 0 Å². The lowest BCUT2D eigenvalue weighted by Gasteiger charge is -2.24. The first-order valence-electron chi connectivity index (χ1n) is 5.68. The third-order valence-electron chi connectivity index (χ3n) is 2.72. The lowest BCUT2D eigenvalue weighted by Crippen LogP contribution is -2.18. The summed E-state index contributed by atoms with van der Waals surface area (Å²) in [4.78, 5) is 13.7. The molecule has 0 unspecified atom stereocenters. The number of fused-ring (bicyclic) bond motifs is 1. The molecule has 1 aliphatic heterocycles. The highest BCUT2D eigenvalue weighted by atomic mass is 19.1. The number of rotatable bonds is 3. The van der Waals surface area contributed by atoms with Gasteiger partial charge in [0.2, 0.25) is 6.08 Å². The number of halogens is 1. The molecule has 0 saturated carbocycles. The van der Waals surface area contributed by atoms with Crippen LogP contribution in [0.5, 0.6) is 11.5 Å². The van der Waals surface area contributed by atoms with Gasteiger partial charge in [0, 0.05) is 0 Å². The van der Waals surface area contributed by atoms with E-state index in [1.165, 1.54) is 19.9 Å². The number of carbonyl (C=O) groups excluding carboxylic acids is 1. The summed E-state index contributed by atoms with van der Waals surface area (Å²) in [5.74, 6) is 1.09. The molecule has 5 heteroatoms. The third-order valence-corrected chi connectivity index (χ3v) is 2.72. The fraction of sp³-hybridized carbons (Fsp3) is 0.462. The number of hydrogen-bond donors (Lipinski definition) is 0. The van der Waals surface area contributed by atoms with Crippen LogP contribution in [0.2, 0.25) is 0 Å². The van der Waals surface area contributed by atoms with E-state index in [4.69, 9.17) is 9.47 Å². The van der Waals surface area contributed by atoms with Crippen molar-refractivity contribution >= 4 is 6.08 Å². The van der Waals surface area contributed by atoms with E-state index in [9.17, 15) is 9.18 Å². The number of ether oxygens (including phenoxy) is 2. The summed E-state index contributed by atoms with van der Waals surface area (Å²) in [6, 6.07) is 3.29. The molecule has 0 amide bonds. The topological polar surface area (TPSA) is 47.9 Å². The summed E-state index contributed by atoms with van der Waals surface area (Å²) in [5, 5.41) is 0. The number of aliphatic imine (C=N–C) groups is 1. The molecule has 0 bridgehead atoms. The number of nitrogens with zero attached hydrogens (tertiary/aromatic N) is 1. The van der Waals surface area contributed by atoms with Crippen LogP contribution < -0.4 is 9.47 Å². The lowest BCUT2D eigenvalue weighted by atomic mass is 9.94. The summed E-state index contributed by atoms with van der Waals surface area (Å²) in [6.45, 7) is 3.90. The molecule has 1 aromatic rings. The Labute approximate surface area is 104 Å². The zero-order valence-electron chi connectivity index (χ0n) is 10.3. The van der Waals surface area contributed by atoms with Crippen molar-refractivity contribution in [2.75, 3.05) is 13.2 Å². The fourth-order valence-corrected chi connectivity index (χ4v) is 1.93. The van der Waals surface area contributed by atoms with E-state index in [0.29, 0.717) is 35.8 Å². The van der Waals surface area contributed by atoms with Crippen LogP contribution in [-0.2, 0) is 17.0 Å². The molecule has 0 spiro atoms. The molecule has 96 valence electrons. The Bertz CT molecular complexity index is 502. The molecule has 0 aliphatic carbocycles. The van der Waals surface area contributed by atoms with E-state index in [0.717, 1.165) is 0 Å². The Morgan fingerprint density at radius 2 is 1.94 bits per heavy atom. The van der Waals surface area contributed by atoms with Gasteiger partial charge in [0.15, 0.2) is 11.5 Å². The summed E-state index contributed by atoms with van der Waals surface area (Å²) in [7, 11) is 0. The Kier molecular flexibility index (Phi) is 3.34. The number of hydrogen-bond acceptors (Lipinski definition) is 4. The standard InChI is InChI=1S/C13H14FNO3/c1-13(2,14)10-6-12-11(17-3-4-18-12)5-9(10)7-15-8-16/h5-6H,3-4,7H2,1-2H3. The minimum Gasteiger partial charge on any atom is -0.486 e. The maximum atomic E-state index is 14.1. The molecule has 4 nitrogen and oxygen atoms in total. The van der Waals surface area contributed by atoms with Crippen molar-refractivity contribution < 1.29 is 18.7 Å². The third kappa shape index (κ3) is 2.51. The maximum Gasteiger partial charge on any atom is 0.235 e. The minimum atomic E-state index is -1.54. The van der Waals surface area contributed by atoms with E-state index in [1.54, 1.807) is 12.1 Å². The van der Waals surface area contributed by atoms with Gasteiger partial charge in [-0.05, 0) is 37.1 Å². The zero-order chi connectivity index (χ0) is 13.2. The second kappa shape index (κ2) is 4.78. The Hall–Kier alpha value is -1.87. The number of alkyl halides is 1. The first kappa shape index (κ1) is 12.6. The molecule has 0 atom stereocenters. The second-order valence-electron chi connectivity index (χ2n) is 4.53. The van der Waals surface area contributed by atoms with Crippen molar-refractivity contribution in [2.45, 2.75) is 26.1 Å². The molecule has 2 rings (SSSR count). The van der Waals surface area contributed by atoms with Crippen molar-refractivity contribution in [3.63, 3.8) is 0 Å². The van der Waals surface area contributed by atoms with Crippen LogP contribution >= 0.6 is 0 Å². The molecule has 0 aromatic heterocycles. The van der Waals surface area contributed by atoms with Gasteiger partial charge in [-0.3, -0.25) is 0 Å². The maximum absolute atomic E-state index is 14.1. The lowest BCUT2D eigenvalue weighted by molar-refractivity contribution is 0.168. The van der Waals surface area contributed by atoms with Crippen molar-refractivity contribution in [1.29, 1.82) is 0 Å². The van der Waals surface area contributed by atoms with Gasteiger partial charge in [0.1, 0.15) is 18.9 Å². The van der Waals surface area contributed by atoms with Crippen molar-refractivity contribution in [1.82, 2.24) is 0 Å². The molecule has 0 saturated heterocycles. The molecule has 1 aliphatic rings. The quantitative estimate of drug-likeness (QED) is 0.612. The van der Waals surface area contributed by atoms with Crippen molar-refractivity contribution in [3.8, 4) is 11.5 Å². The minimum absolute atomic E-state index is 0.0861. The Morgan fingerprint density at radius 3 is 2.50 bits per heavy atom. The van der Waals surface area contributed by atoms with E-state index < -0.39 is 5.67 Å². The Balaban J connectivity index is 2.50. The van der Waals surface area contributed by atoms with Crippen LogP contribution in [0.1, 0.15) is 25.0 Å². The first-order chi connectivity index (χ1) is 8.52. The van der Waals surface area contributed by atoms with E-state index in [2.05, 4.69) is 4.99 Å². The highest BCUT2D eigenvalue weighted by Crippen LogP contribution is 2.38. The average molecular weight is 251 g/mol. The van der Waals surface area contributed by atoms with E-state index in [1.807, 2.05) is 0 Å². The van der Waals surface area contributed by atoms with Gasteiger partial charge >= 0.3 is 0 Å². The second-order valence-corrected chi connectivity index (χ2v) is 4.53. The van der Waals surface area contributed by atoms with Gasteiger partial charge in [-0.25, -0.2) is 14.2 Å². The van der Waals surface area contributed by atoms with Crippen LogP contribution in [0, 0.1) is 0 Å². The molecule has 1 heterocycles. The summed E-state index contributed by atoms with van der Waals surface area (Å²) in [6.07, 6.45) is 1.46. The van der Waals surface area contributed by atoms with Crippen molar-refractivity contribution in [3.05, 3.63) is 23.3 Å². The highest BCUT2D eigenvalue weighted by molar-refractivity contribution is 5.50. The number of isocyanates is 1.